The molecule has 1 aliphatic rings. The second-order valence-corrected chi connectivity index (χ2v) is 6.28. The van der Waals surface area contributed by atoms with Crippen LogP contribution in [0.5, 0.6) is 0 Å². The van der Waals surface area contributed by atoms with E-state index >= 15 is 0 Å². The Morgan fingerprint density at radius 2 is 2.10 bits per heavy atom. The topological polar surface area (TPSA) is 72.9 Å². The minimum absolute atomic E-state index is 0.0358. The zero-order valence-corrected chi connectivity index (χ0v) is 13.7. The van der Waals surface area contributed by atoms with Gasteiger partial charge in [-0.15, -0.1) is 0 Å². The van der Waals surface area contributed by atoms with Crippen molar-refractivity contribution in [2.75, 3.05) is 27.2 Å². The monoisotopic (exact) mass is 299 g/mol. The van der Waals surface area contributed by atoms with Gasteiger partial charge in [-0.2, -0.15) is 0 Å². The summed E-state index contributed by atoms with van der Waals surface area (Å²) in [6, 6.07) is -0.205. The number of carbonyl (C=O) groups excluding carboxylic acids is 1. The highest BCUT2D eigenvalue weighted by Gasteiger charge is 2.49. The molecule has 0 spiro atoms. The molecule has 122 valence electrons. The third-order valence-electron chi connectivity index (χ3n) is 4.17. The van der Waals surface area contributed by atoms with Crippen molar-refractivity contribution in [3.8, 4) is 0 Å². The fraction of sp³-hybridized carbons (Fsp3) is 0.867. The third kappa shape index (κ3) is 4.33. The van der Waals surface area contributed by atoms with Crippen LogP contribution in [0.15, 0.2) is 0 Å². The lowest BCUT2D eigenvalue weighted by Gasteiger charge is -2.35. The summed E-state index contributed by atoms with van der Waals surface area (Å²) in [4.78, 5) is 27.7. The summed E-state index contributed by atoms with van der Waals surface area (Å²) in [5.74, 6) is -0.877. The van der Waals surface area contributed by atoms with Gasteiger partial charge in [0.05, 0.1) is 0 Å². The van der Waals surface area contributed by atoms with E-state index in [2.05, 4.69) is 10.2 Å². The van der Waals surface area contributed by atoms with Gasteiger partial charge in [0, 0.05) is 12.6 Å². The first kappa shape index (κ1) is 17.8. The number of carboxylic acids is 1. The first-order valence-electron chi connectivity index (χ1n) is 7.79. The average Bonchev–Trinajstić information content (AvgIpc) is 2.82. The smallest absolute Gasteiger partial charge is 0.329 e. The normalized spacial score (nSPS) is 23.4. The van der Waals surface area contributed by atoms with Gasteiger partial charge in [-0.1, -0.05) is 13.3 Å². The summed E-state index contributed by atoms with van der Waals surface area (Å²) in [5.41, 5.74) is -1.01. The van der Waals surface area contributed by atoms with E-state index in [1.54, 1.807) is 0 Å². The van der Waals surface area contributed by atoms with Gasteiger partial charge in [0.25, 0.3) is 0 Å². The number of carbonyl (C=O) groups is 2. The largest absolute Gasteiger partial charge is 0.479 e. The number of urea groups is 1. The number of nitrogens with zero attached hydrogens (tertiary/aromatic N) is 2. The Bertz CT molecular complexity index is 373. The van der Waals surface area contributed by atoms with Crippen LogP contribution in [-0.2, 0) is 4.79 Å². The number of rotatable bonds is 7. The summed E-state index contributed by atoms with van der Waals surface area (Å²) in [7, 11) is 3.98. The zero-order valence-electron chi connectivity index (χ0n) is 13.7. The summed E-state index contributed by atoms with van der Waals surface area (Å²) < 4.78 is 0. The van der Waals surface area contributed by atoms with Crippen LogP contribution >= 0.6 is 0 Å². The van der Waals surface area contributed by atoms with Crippen molar-refractivity contribution in [3.63, 3.8) is 0 Å². The molecule has 1 rings (SSSR count). The SMILES string of the molecule is CCCC1(C(=O)O)CCCN1C(=O)NC(C)CCN(C)C. The maximum absolute atomic E-state index is 12.4. The van der Waals surface area contributed by atoms with Crippen LogP contribution in [0.2, 0.25) is 0 Å². The Labute approximate surface area is 127 Å². The summed E-state index contributed by atoms with van der Waals surface area (Å²) >= 11 is 0. The average molecular weight is 299 g/mol. The zero-order chi connectivity index (χ0) is 16.0. The number of amides is 2. The van der Waals surface area contributed by atoms with Crippen LogP contribution in [-0.4, -0.2) is 65.7 Å². The Kier molecular flexibility index (Phi) is 6.45. The molecule has 2 atom stereocenters. The molecule has 6 nitrogen and oxygen atoms in total. The van der Waals surface area contributed by atoms with E-state index in [1.807, 2.05) is 27.9 Å². The lowest BCUT2D eigenvalue weighted by Crippen LogP contribution is -2.57. The molecule has 0 aliphatic carbocycles. The van der Waals surface area contributed by atoms with Gasteiger partial charge < -0.3 is 20.2 Å². The molecule has 0 bridgehead atoms. The van der Waals surface area contributed by atoms with E-state index in [9.17, 15) is 14.7 Å². The van der Waals surface area contributed by atoms with Gasteiger partial charge in [-0.3, -0.25) is 0 Å². The van der Waals surface area contributed by atoms with Gasteiger partial charge >= 0.3 is 12.0 Å². The van der Waals surface area contributed by atoms with Crippen LogP contribution in [0.25, 0.3) is 0 Å². The number of aliphatic carboxylic acids is 1. The number of likely N-dealkylation sites (tertiary alicyclic amines) is 1. The second kappa shape index (κ2) is 7.64. The number of hydrogen-bond donors (Lipinski definition) is 2. The molecule has 1 saturated heterocycles. The van der Waals surface area contributed by atoms with Crippen LogP contribution < -0.4 is 5.32 Å². The minimum Gasteiger partial charge on any atom is -0.479 e. The van der Waals surface area contributed by atoms with Crippen molar-refractivity contribution in [2.45, 2.75) is 57.5 Å². The highest BCUT2D eigenvalue weighted by molar-refractivity contribution is 5.87. The predicted octanol–water partition coefficient (Wildman–Crippen LogP) is 1.76. The molecule has 2 unspecified atom stereocenters. The highest BCUT2D eigenvalue weighted by Crippen LogP contribution is 2.34. The lowest BCUT2D eigenvalue weighted by molar-refractivity contribution is -0.148. The van der Waals surface area contributed by atoms with Gasteiger partial charge in [0.15, 0.2) is 0 Å². The molecule has 0 aromatic rings. The van der Waals surface area contributed by atoms with Crippen LogP contribution in [0.3, 0.4) is 0 Å². The first-order chi connectivity index (χ1) is 9.83. The third-order valence-corrected chi connectivity index (χ3v) is 4.17. The van der Waals surface area contributed by atoms with E-state index in [0.717, 1.165) is 25.8 Å². The van der Waals surface area contributed by atoms with E-state index in [-0.39, 0.29) is 12.1 Å². The van der Waals surface area contributed by atoms with Gasteiger partial charge in [-0.05, 0) is 53.2 Å². The molecule has 0 aromatic carbocycles. The van der Waals surface area contributed by atoms with Crippen molar-refractivity contribution in [1.29, 1.82) is 0 Å². The molecule has 0 saturated carbocycles. The fourth-order valence-corrected chi connectivity index (χ4v) is 2.99. The van der Waals surface area contributed by atoms with E-state index in [4.69, 9.17) is 0 Å². The number of carboxylic acid groups (broad SMARTS) is 1. The number of hydrogen-bond acceptors (Lipinski definition) is 3. The molecule has 21 heavy (non-hydrogen) atoms. The Balaban J connectivity index is 2.69. The van der Waals surface area contributed by atoms with Crippen LogP contribution in [0, 0.1) is 0 Å². The van der Waals surface area contributed by atoms with Gasteiger partial charge in [0.2, 0.25) is 0 Å². The highest BCUT2D eigenvalue weighted by atomic mass is 16.4. The van der Waals surface area contributed by atoms with Crippen molar-refractivity contribution in [1.82, 2.24) is 15.1 Å². The van der Waals surface area contributed by atoms with Crippen molar-refractivity contribution in [2.24, 2.45) is 0 Å². The van der Waals surface area contributed by atoms with E-state index in [1.165, 1.54) is 4.90 Å². The van der Waals surface area contributed by atoms with E-state index in [0.29, 0.717) is 19.4 Å². The molecule has 1 heterocycles. The lowest BCUT2D eigenvalue weighted by atomic mass is 9.91. The predicted molar refractivity (Wildman–Crippen MR) is 82.4 cm³/mol. The maximum Gasteiger partial charge on any atom is 0.329 e. The summed E-state index contributed by atoms with van der Waals surface area (Å²) in [5, 5.41) is 12.5. The van der Waals surface area contributed by atoms with Crippen LogP contribution in [0.1, 0.15) is 46.0 Å². The molecule has 0 aromatic heterocycles. The quantitative estimate of drug-likeness (QED) is 0.751. The van der Waals surface area contributed by atoms with E-state index < -0.39 is 11.5 Å². The Morgan fingerprint density at radius 3 is 2.62 bits per heavy atom. The molecule has 2 N–H and O–H groups in total. The van der Waals surface area contributed by atoms with Crippen molar-refractivity contribution >= 4 is 12.0 Å². The van der Waals surface area contributed by atoms with Gasteiger partial charge in [-0.25, -0.2) is 9.59 Å². The Hall–Kier alpha value is -1.30. The maximum atomic E-state index is 12.4. The summed E-state index contributed by atoms with van der Waals surface area (Å²) in [6.07, 6.45) is 3.43. The molecule has 6 heteroatoms. The molecule has 1 aliphatic heterocycles. The molecule has 0 radical (unpaired) electrons. The van der Waals surface area contributed by atoms with Crippen molar-refractivity contribution < 1.29 is 14.7 Å². The second-order valence-electron chi connectivity index (χ2n) is 6.28. The summed E-state index contributed by atoms with van der Waals surface area (Å²) in [6.45, 7) is 5.33. The molecule has 2 amide bonds. The van der Waals surface area contributed by atoms with Crippen LogP contribution in [0.4, 0.5) is 4.79 Å². The van der Waals surface area contributed by atoms with Crippen molar-refractivity contribution in [3.05, 3.63) is 0 Å². The Morgan fingerprint density at radius 1 is 1.43 bits per heavy atom. The van der Waals surface area contributed by atoms with Gasteiger partial charge in [0.1, 0.15) is 5.54 Å². The molecular weight excluding hydrogens is 270 g/mol. The minimum atomic E-state index is -1.01. The molecule has 1 fully saturated rings. The first-order valence-corrected chi connectivity index (χ1v) is 7.79. The molecular formula is C15H29N3O3. The number of nitrogens with one attached hydrogen (secondary N) is 1. The standard InChI is InChI=1S/C15H29N3O3/c1-5-8-15(13(19)20)9-6-10-18(15)14(21)16-12(2)7-11-17(3)4/h12H,5-11H2,1-4H3,(H,16,21)(H,19,20). The fourth-order valence-electron chi connectivity index (χ4n) is 2.99.